The molecule has 0 saturated carbocycles. The number of esters is 1. The summed E-state index contributed by atoms with van der Waals surface area (Å²) >= 11 is 0. The average Bonchev–Trinajstić information content (AvgIpc) is 2.68. The van der Waals surface area contributed by atoms with Crippen LogP contribution in [0.25, 0.3) is 0 Å². The third-order valence-corrected chi connectivity index (χ3v) is 4.16. The number of benzene rings is 2. The normalized spacial score (nSPS) is 10.6. The fraction of sp³-hybridized carbons (Fsp3) is 0.238. The third kappa shape index (κ3) is 5.65. The van der Waals surface area contributed by atoms with Gasteiger partial charge >= 0.3 is 5.97 Å². The molecule has 0 unspecified atom stereocenters. The van der Waals surface area contributed by atoms with Crippen molar-refractivity contribution >= 4 is 40.8 Å². The fourth-order valence-electron chi connectivity index (χ4n) is 2.33. The molecule has 0 saturated heterocycles. The number of carbonyl (C=O) groups is 4. The van der Waals surface area contributed by atoms with Crippen molar-refractivity contribution in [3.05, 3.63) is 54.1 Å². The van der Waals surface area contributed by atoms with E-state index in [0.29, 0.717) is 22.6 Å². The Labute approximate surface area is 168 Å². The van der Waals surface area contributed by atoms with E-state index < -0.39 is 23.2 Å². The summed E-state index contributed by atoms with van der Waals surface area (Å²) in [6, 6.07) is 12.7. The second-order valence-electron chi connectivity index (χ2n) is 6.86. The first-order chi connectivity index (χ1) is 13.6. The largest absolute Gasteiger partial charge is 0.465 e. The summed E-state index contributed by atoms with van der Waals surface area (Å²) in [5.41, 5.74) is 0.529. The first kappa shape index (κ1) is 21.6. The number of anilines is 3. The van der Waals surface area contributed by atoms with Crippen LogP contribution in [0.15, 0.2) is 48.5 Å². The molecule has 2 aromatic carbocycles. The SMILES string of the molecule is COC(=O)c1ccc(NC(=O)C(C)(C)C(=O)Nc2ccc(NC(C)=O)cc2)cc1. The maximum atomic E-state index is 12.6. The Bertz CT molecular complexity index is 918. The molecule has 0 heterocycles. The number of ether oxygens (including phenoxy) is 1. The molecule has 0 bridgehead atoms. The van der Waals surface area contributed by atoms with Crippen LogP contribution in [0.4, 0.5) is 17.1 Å². The Balaban J connectivity index is 2.02. The minimum atomic E-state index is -1.36. The van der Waals surface area contributed by atoms with Crippen LogP contribution in [0.1, 0.15) is 31.1 Å². The van der Waals surface area contributed by atoms with Gasteiger partial charge < -0.3 is 20.7 Å². The number of nitrogens with one attached hydrogen (secondary N) is 3. The molecule has 0 radical (unpaired) electrons. The van der Waals surface area contributed by atoms with E-state index in [0.717, 1.165) is 0 Å². The van der Waals surface area contributed by atoms with Gasteiger partial charge in [-0.15, -0.1) is 0 Å². The Kier molecular flexibility index (Phi) is 6.71. The Morgan fingerprint density at radius 1 is 0.724 bits per heavy atom. The molecule has 8 nitrogen and oxygen atoms in total. The van der Waals surface area contributed by atoms with E-state index in [9.17, 15) is 19.2 Å². The Morgan fingerprint density at radius 3 is 1.48 bits per heavy atom. The highest BCUT2D eigenvalue weighted by atomic mass is 16.5. The average molecular weight is 397 g/mol. The zero-order valence-electron chi connectivity index (χ0n) is 16.7. The van der Waals surface area contributed by atoms with Gasteiger partial charge in [-0.2, -0.15) is 0 Å². The summed E-state index contributed by atoms with van der Waals surface area (Å²) in [7, 11) is 1.28. The monoisotopic (exact) mass is 397 g/mol. The third-order valence-electron chi connectivity index (χ3n) is 4.16. The minimum Gasteiger partial charge on any atom is -0.465 e. The number of methoxy groups -OCH3 is 1. The fourth-order valence-corrected chi connectivity index (χ4v) is 2.33. The lowest BCUT2D eigenvalue weighted by atomic mass is 9.90. The first-order valence-corrected chi connectivity index (χ1v) is 8.82. The Hall–Kier alpha value is -3.68. The summed E-state index contributed by atoms with van der Waals surface area (Å²) in [6.07, 6.45) is 0. The molecule has 2 rings (SSSR count). The van der Waals surface area contributed by atoms with Crippen molar-refractivity contribution in [3.8, 4) is 0 Å². The number of hydrogen-bond acceptors (Lipinski definition) is 5. The summed E-state index contributed by atoms with van der Waals surface area (Å²) in [6.45, 7) is 4.41. The van der Waals surface area contributed by atoms with Crippen molar-refractivity contribution in [3.63, 3.8) is 0 Å². The van der Waals surface area contributed by atoms with E-state index in [-0.39, 0.29) is 5.91 Å². The van der Waals surface area contributed by atoms with Crippen LogP contribution < -0.4 is 16.0 Å². The highest BCUT2D eigenvalue weighted by molar-refractivity contribution is 6.14. The van der Waals surface area contributed by atoms with Crippen LogP contribution in [-0.2, 0) is 19.1 Å². The molecule has 2 aromatic rings. The maximum Gasteiger partial charge on any atom is 0.337 e. The molecule has 3 amide bonds. The van der Waals surface area contributed by atoms with Gasteiger partial charge in [-0.05, 0) is 62.4 Å². The molecule has 3 N–H and O–H groups in total. The zero-order chi connectivity index (χ0) is 21.6. The zero-order valence-corrected chi connectivity index (χ0v) is 16.7. The van der Waals surface area contributed by atoms with Gasteiger partial charge in [0.25, 0.3) is 0 Å². The topological polar surface area (TPSA) is 114 Å². The quantitative estimate of drug-likeness (QED) is 0.512. The molecule has 0 aromatic heterocycles. The van der Waals surface area contributed by atoms with Crippen molar-refractivity contribution in [1.82, 2.24) is 0 Å². The van der Waals surface area contributed by atoms with Gasteiger partial charge in [0.15, 0.2) is 0 Å². The van der Waals surface area contributed by atoms with Crippen molar-refractivity contribution in [2.45, 2.75) is 20.8 Å². The number of amides is 3. The maximum absolute atomic E-state index is 12.6. The molecular formula is C21H23N3O5. The summed E-state index contributed by atoms with van der Waals surface area (Å²) < 4.78 is 4.63. The van der Waals surface area contributed by atoms with E-state index in [1.165, 1.54) is 40.0 Å². The van der Waals surface area contributed by atoms with Crippen molar-refractivity contribution in [1.29, 1.82) is 0 Å². The van der Waals surface area contributed by atoms with Crippen LogP contribution in [0.2, 0.25) is 0 Å². The molecule has 0 aliphatic rings. The standard InChI is InChI=1S/C21H23N3O5/c1-13(25)22-15-9-11-17(12-10-15)24-20(28)21(2,3)19(27)23-16-7-5-14(6-8-16)18(26)29-4/h5-12H,1-4H3,(H,22,25)(H,23,27)(H,24,28). The van der Waals surface area contributed by atoms with Crippen LogP contribution >= 0.6 is 0 Å². The van der Waals surface area contributed by atoms with Crippen molar-refractivity contribution in [2.75, 3.05) is 23.1 Å². The number of carbonyl (C=O) groups excluding carboxylic acids is 4. The van der Waals surface area contributed by atoms with Crippen LogP contribution in [0, 0.1) is 5.41 Å². The number of hydrogen-bond donors (Lipinski definition) is 3. The van der Waals surface area contributed by atoms with Gasteiger partial charge in [-0.3, -0.25) is 14.4 Å². The molecule has 0 aliphatic heterocycles. The molecule has 0 spiro atoms. The van der Waals surface area contributed by atoms with E-state index in [4.69, 9.17) is 0 Å². The van der Waals surface area contributed by atoms with Crippen LogP contribution in [0.3, 0.4) is 0 Å². The van der Waals surface area contributed by atoms with Gasteiger partial charge in [-0.1, -0.05) is 0 Å². The van der Waals surface area contributed by atoms with Crippen LogP contribution in [0.5, 0.6) is 0 Å². The van der Waals surface area contributed by atoms with Gasteiger partial charge in [-0.25, -0.2) is 4.79 Å². The van der Waals surface area contributed by atoms with E-state index in [2.05, 4.69) is 20.7 Å². The lowest BCUT2D eigenvalue weighted by Gasteiger charge is -2.23. The smallest absolute Gasteiger partial charge is 0.337 e. The Morgan fingerprint density at radius 2 is 1.10 bits per heavy atom. The minimum absolute atomic E-state index is 0.195. The lowest BCUT2D eigenvalue weighted by Crippen LogP contribution is -2.41. The van der Waals surface area contributed by atoms with E-state index >= 15 is 0 Å². The van der Waals surface area contributed by atoms with E-state index in [1.54, 1.807) is 36.4 Å². The molecule has 0 fully saturated rings. The van der Waals surface area contributed by atoms with Gasteiger partial charge in [0.2, 0.25) is 17.7 Å². The lowest BCUT2D eigenvalue weighted by molar-refractivity contribution is -0.135. The first-order valence-electron chi connectivity index (χ1n) is 8.82. The summed E-state index contributed by atoms with van der Waals surface area (Å²) in [5.74, 6) is -1.67. The number of rotatable bonds is 6. The molecule has 8 heteroatoms. The van der Waals surface area contributed by atoms with Crippen molar-refractivity contribution < 1.29 is 23.9 Å². The van der Waals surface area contributed by atoms with Gasteiger partial charge in [0, 0.05) is 24.0 Å². The molecule has 29 heavy (non-hydrogen) atoms. The van der Waals surface area contributed by atoms with Gasteiger partial charge in [0.05, 0.1) is 12.7 Å². The highest BCUT2D eigenvalue weighted by Crippen LogP contribution is 2.23. The predicted molar refractivity (Wildman–Crippen MR) is 110 cm³/mol. The summed E-state index contributed by atoms with van der Waals surface area (Å²) in [4.78, 5) is 47.7. The van der Waals surface area contributed by atoms with Crippen molar-refractivity contribution in [2.24, 2.45) is 5.41 Å². The molecule has 0 atom stereocenters. The molecule has 152 valence electrons. The second-order valence-corrected chi connectivity index (χ2v) is 6.86. The van der Waals surface area contributed by atoms with E-state index in [1.807, 2.05) is 0 Å². The van der Waals surface area contributed by atoms with Crippen LogP contribution in [-0.4, -0.2) is 30.8 Å². The second kappa shape index (κ2) is 9.01. The summed E-state index contributed by atoms with van der Waals surface area (Å²) in [5, 5.41) is 7.98. The molecular weight excluding hydrogens is 374 g/mol. The predicted octanol–water partition coefficient (Wildman–Crippen LogP) is 3.04. The highest BCUT2D eigenvalue weighted by Gasteiger charge is 2.36. The molecule has 0 aliphatic carbocycles. The van der Waals surface area contributed by atoms with Gasteiger partial charge in [0.1, 0.15) is 5.41 Å².